The lowest BCUT2D eigenvalue weighted by molar-refractivity contribution is 0.0959. The van der Waals surface area contributed by atoms with Gasteiger partial charge in [-0.2, -0.15) is 5.10 Å². The molecule has 3 rings (SSSR count). The lowest BCUT2D eigenvalue weighted by atomic mass is 10.2. The first-order valence-corrected chi connectivity index (χ1v) is 7.71. The third-order valence-corrected chi connectivity index (χ3v) is 4.38. The van der Waals surface area contributed by atoms with E-state index in [-0.39, 0.29) is 5.91 Å². The van der Waals surface area contributed by atoms with Crippen molar-refractivity contribution in [3.8, 4) is 0 Å². The second-order valence-corrected chi connectivity index (χ2v) is 6.09. The van der Waals surface area contributed by atoms with Gasteiger partial charge in [0.1, 0.15) is 0 Å². The summed E-state index contributed by atoms with van der Waals surface area (Å²) in [6.45, 7) is 3.82. The second kappa shape index (κ2) is 6.07. The predicted molar refractivity (Wildman–Crippen MR) is 90.5 cm³/mol. The molecule has 22 heavy (non-hydrogen) atoms. The van der Waals surface area contributed by atoms with Crippen LogP contribution in [0.3, 0.4) is 0 Å². The van der Waals surface area contributed by atoms with Gasteiger partial charge in [-0.25, -0.2) is 5.43 Å². The molecule has 1 aromatic carbocycles. The van der Waals surface area contributed by atoms with Gasteiger partial charge >= 0.3 is 0 Å². The highest BCUT2D eigenvalue weighted by atomic mass is 32.1. The Kier molecular flexibility index (Phi) is 3.98. The summed E-state index contributed by atoms with van der Waals surface area (Å²) in [7, 11) is 0. The Balaban J connectivity index is 1.77. The van der Waals surface area contributed by atoms with Crippen LogP contribution in [0.15, 0.2) is 53.8 Å². The molecule has 5 heteroatoms. The topological polar surface area (TPSA) is 54.4 Å². The zero-order chi connectivity index (χ0) is 15.5. The summed E-state index contributed by atoms with van der Waals surface area (Å²) in [4.78, 5) is 17.1. The van der Waals surface area contributed by atoms with Crippen molar-refractivity contribution in [1.29, 1.82) is 0 Å². The van der Waals surface area contributed by atoms with Crippen LogP contribution in [0.2, 0.25) is 0 Å². The normalized spacial score (nSPS) is 11.6. The van der Waals surface area contributed by atoms with Crippen LogP contribution in [0.4, 0.5) is 0 Å². The number of nitrogens with one attached hydrogen (secondary N) is 1. The summed E-state index contributed by atoms with van der Waals surface area (Å²) >= 11 is 1.46. The number of nitrogens with zero attached hydrogens (tertiary/aromatic N) is 2. The summed E-state index contributed by atoms with van der Waals surface area (Å²) in [6, 6.07) is 13.7. The van der Waals surface area contributed by atoms with Gasteiger partial charge in [-0.15, -0.1) is 11.3 Å². The second-order valence-electron chi connectivity index (χ2n) is 5.01. The molecule has 0 fully saturated rings. The minimum absolute atomic E-state index is 0.201. The van der Waals surface area contributed by atoms with Gasteiger partial charge in [0.25, 0.3) is 5.91 Å². The number of benzene rings is 1. The Morgan fingerprint density at radius 1 is 1.23 bits per heavy atom. The van der Waals surface area contributed by atoms with E-state index in [9.17, 15) is 4.79 Å². The first kappa shape index (κ1) is 14.4. The zero-order valence-electron chi connectivity index (χ0n) is 12.3. The van der Waals surface area contributed by atoms with Gasteiger partial charge in [-0.1, -0.05) is 18.2 Å². The number of pyridine rings is 1. The fourth-order valence-electron chi connectivity index (χ4n) is 2.07. The molecule has 3 aromatic rings. The summed E-state index contributed by atoms with van der Waals surface area (Å²) in [5.41, 5.74) is 5.14. The molecule has 0 unspecified atom stereocenters. The fourth-order valence-corrected chi connectivity index (χ4v) is 3.03. The average molecular weight is 309 g/mol. The van der Waals surface area contributed by atoms with Crippen LogP contribution in [0, 0.1) is 6.92 Å². The Morgan fingerprint density at radius 3 is 2.82 bits per heavy atom. The molecule has 0 saturated heterocycles. The van der Waals surface area contributed by atoms with Gasteiger partial charge in [0.15, 0.2) is 0 Å². The summed E-state index contributed by atoms with van der Waals surface area (Å²) in [6.07, 6.45) is 1.73. The van der Waals surface area contributed by atoms with Crippen LogP contribution in [-0.2, 0) is 0 Å². The molecule has 0 bridgehead atoms. The van der Waals surface area contributed by atoms with Crippen molar-refractivity contribution in [1.82, 2.24) is 10.4 Å². The molecule has 0 atom stereocenters. The van der Waals surface area contributed by atoms with Gasteiger partial charge in [0, 0.05) is 10.9 Å². The Labute approximate surface area is 132 Å². The van der Waals surface area contributed by atoms with Crippen molar-refractivity contribution in [2.45, 2.75) is 13.8 Å². The monoisotopic (exact) mass is 309 g/mol. The van der Waals surface area contributed by atoms with E-state index >= 15 is 0 Å². The van der Waals surface area contributed by atoms with Crippen molar-refractivity contribution >= 4 is 33.0 Å². The van der Waals surface area contributed by atoms with Gasteiger partial charge in [0.2, 0.25) is 0 Å². The number of hydrogen-bond acceptors (Lipinski definition) is 4. The Hall–Kier alpha value is -2.53. The number of hydrazone groups is 1. The Bertz CT molecular complexity index is 834. The third-order valence-electron chi connectivity index (χ3n) is 3.26. The molecule has 4 nitrogen and oxygen atoms in total. The van der Waals surface area contributed by atoms with E-state index in [1.54, 1.807) is 6.20 Å². The van der Waals surface area contributed by atoms with Crippen LogP contribution >= 0.6 is 11.3 Å². The van der Waals surface area contributed by atoms with Crippen molar-refractivity contribution in [2.24, 2.45) is 5.10 Å². The van der Waals surface area contributed by atoms with Gasteiger partial charge in [-0.3, -0.25) is 9.78 Å². The van der Waals surface area contributed by atoms with Gasteiger partial charge in [-0.05, 0) is 49.1 Å². The van der Waals surface area contributed by atoms with E-state index in [2.05, 4.69) is 15.5 Å². The van der Waals surface area contributed by atoms with E-state index in [1.807, 2.05) is 56.3 Å². The van der Waals surface area contributed by atoms with Crippen LogP contribution in [0.1, 0.15) is 27.9 Å². The van der Waals surface area contributed by atoms with Crippen LogP contribution in [0.5, 0.6) is 0 Å². The first-order chi connectivity index (χ1) is 10.6. The van der Waals surface area contributed by atoms with E-state index in [0.29, 0.717) is 10.6 Å². The van der Waals surface area contributed by atoms with Crippen molar-refractivity contribution in [3.05, 3.63) is 64.8 Å². The largest absolute Gasteiger partial charge is 0.281 e. The quantitative estimate of drug-likeness (QED) is 0.591. The molecule has 0 aliphatic carbocycles. The van der Waals surface area contributed by atoms with Crippen molar-refractivity contribution in [2.75, 3.05) is 0 Å². The highest BCUT2D eigenvalue weighted by Crippen LogP contribution is 2.24. The van der Waals surface area contributed by atoms with Gasteiger partial charge in [0.05, 0.1) is 16.3 Å². The van der Waals surface area contributed by atoms with E-state index in [4.69, 9.17) is 0 Å². The first-order valence-electron chi connectivity index (χ1n) is 6.90. The Morgan fingerprint density at radius 2 is 2.05 bits per heavy atom. The minimum Gasteiger partial charge on any atom is -0.266 e. The number of fused-ring (bicyclic) bond motifs is 1. The highest BCUT2D eigenvalue weighted by molar-refractivity contribution is 7.20. The van der Waals surface area contributed by atoms with E-state index in [0.717, 1.165) is 21.3 Å². The third kappa shape index (κ3) is 3.04. The molecule has 0 aliphatic rings. The number of amides is 1. The SMILES string of the molecule is C/C(=N\NC(=O)c1cc2ccccc2s1)c1cc(C)ccn1. The number of thiophene rings is 1. The summed E-state index contributed by atoms with van der Waals surface area (Å²) < 4.78 is 1.09. The number of aromatic nitrogens is 1. The minimum atomic E-state index is -0.201. The summed E-state index contributed by atoms with van der Waals surface area (Å²) in [5.74, 6) is -0.201. The number of carbonyl (C=O) groups excluding carboxylic acids is 1. The number of hydrogen-bond donors (Lipinski definition) is 1. The molecule has 1 amide bonds. The fraction of sp³-hybridized carbons (Fsp3) is 0.118. The van der Waals surface area contributed by atoms with Crippen LogP contribution in [-0.4, -0.2) is 16.6 Å². The maximum Gasteiger partial charge on any atom is 0.281 e. The number of aryl methyl sites for hydroxylation is 1. The molecule has 0 spiro atoms. The lowest BCUT2D eigenvalue weighted by Crippen LogP contribution is -2.18. The van der Waals surface area contributed by atoms with E-state index in [1.165, 1.54) is 11.3 Å². The molecular weight excluding hydrogens is 294 g/mol. The summed E-state index contributed by atoms with van der Waals surface area (Å²) in [5, 5.41) is 5.21. The lowest BCUT2D eigenvalue weighted by Gasteiger charge is -2.02. The van der Waals surface area contributed by atoms with Crippen molar-refractivity contribution in [3.63, 3.8) is 0 Å². The van der Waals surface area contributed by atoms with Crippen molar-refractivity contribution < 1.29 is 4.79 Å². The molecule has 0 radical (unpaired) electrons. The van der Waals surface area contributed by atoms with E-state index < -0.39 is 0 Å². The molecular formula is C17H15N3OS. The predicted octanol–water partition coefficient (Wildman–Crippen LogP) is 3.76. The van der Waals surface area contributed by atoms with Crippen LogP contribution in [0.25, 0.3) is 10.1 Å². The molecule has 0 aliphatic heterocycles. The number of rotatable bonds is 3. The van der Waals surface area contributed by atoms with Crippen LogP contribution < -0.4 is 5.43 Å². The standard InChI is InChI=1S/C17H15N3OS/c1-11-7-8-18-14(9-11)12(2)19-20-17(21)16-10-13-5-3-4-6-15(13)22-16/h3-10H,1-2H3,(H,20,21)/b19-12+. The smallest absolute Gasteiger partial charge is 0.266 e. The number of carbonyl (C=O) groups is 1. The van der Waals surface area contributed by atoms with Gasteiger partial charge < -0.3 is 0 Å². The molecule has 1 N–H and O–H groups in total. The zero-order valence-corrected chi connectivity index (χ0v) is 13.1. The molecule has 0 saturated carbocycles. The molecule has 2 heterocycles. The highest BCUT2D eigenvalue weighted by Gasteiger charge is 2.09. The maximum atomic E-state index is 12.2. The maximum absolute atomic E-state index is 12.2. The molecule has 2 aromatic heterocycles. The molecule has 110 valence electrons. The average Bonchev–Trinajstić information content (AvgIpc) is 2.96.